The summed E-state index contributed by atoms with van der Waals surface area (Å²) in [5.41, 5.74) is 1.87. The molecule has 0 fully saturated rings. The Hall–Kier alpha value is -1.28. The zero-order chi connectivity index (χ0) is 20.4. The molecule has 0 aliphatic carbocycles. The van der Waals surface area contributed by atoms with Gasteiger partial charge < -0.3 is 10.4 Å². The number of hydrogen-bond acceptors (Lipinski definition) is 5. The minimum Gasteiger partial charge on any atom is -0.385 e. The Bertz CT molecular complexity index is 785. The topological polar surface area (TPSA) is 74.2 Å². The average Bonchev–Trinajstić information content (AvgIpc) is 3.03. The summed E-state index contributed by atoms with van der Waals surface area (Å²) in [5, 5.41) is 13.7. The van der Waals surface area contributed by atoms with Crippen LogP contribution in [0.4, 0.5) is 10.5 Å². The third-order valence-corrected chi connectivity index (χ3v) is 6.36. The number of carbonyl (C=O) groups excluding carboxylic acids is 1. The Kier molecular flexibility index (Phi) is 7.19. The molecule has 8 heteroatoms. The van der Waals surface area contributed by atoms with Gasteiger partial charge in [0, 0.05) is 28.9 Å². The van der Waals surface area contributed by atoms with E-state index in [2.05, 4.69) is 42.7 Å². The maximum Gasteiger partial charge on any atom is 0.329 e. The van der Waals surface area contributed by atoms with Gasteiger partial charge in [-0.05, 0) is 48.9 Å². The first kappa shape index (κ1) is 22.0. The van der Waals surface area contributed by atoms with Crippen LogP contribution in [0.5, 0.6) is 0 Å². The van der Waals surface area contributed by atoms with Crippen LogP contribution in [0.25, 0.3) is 0 Å². The maximum absolute atomic E-state index is 12.5. The zero-order valence-corrected chi connectivity index (χ0v) is 18.8. The number of aliphatic hydroxyl groups is 1. The van der Waals surface area contributed by atoms with Crippen LogP contribution < -0.4 is 10.0 Å². The first-order valence-electron chi connectivity index (χ1n) is 8.75. The molecule has 3 N–H and O–H groups in total. The summed E-state index contributed by atoms with van der Waals surface area (Å²) < 4.78 is 3.42. The van der Waals surface area contributed by atoms with Crippen LogP contribution >= 0.6 is 34.9 Å². The molecule has 0 unspecified atom stereocenters. The van der Waals surface area contributed by atoms with Crippen molar-refractivity contribution in [2.45, 2.75) is 63.3 Å². The second kappa shape index (κ2) is 8.82. The number of anilines is 1. The molecule has 0 saturated carbocycles. The minimum absolute atomic E-state index is 0.220. The van der Waals surface area contributed by atoms with Crippen molar-refractivity contribution in [1.82, 2.24) is 9.71 Å². The number of nitrogens with one attached hydrogen (secondary N) is 2. The van der Waals surface area contributed by atoms with E-state index in [1.54, 1.807) is 20.0 Å². The molecule has 1 heterocycles. The third kappa shape index (κ3) is 5.85. The summed E-state index contributed by atoms with van der Waals surface area (Å²) in [5.74, 6) is 0.440. The fourth-order valence-corrected chi connectivity index (χ4v) is 4.30. The van der Waals surface area contributed by atoms with Crippen molar-refractivity contribution in [3.05, 3.63) is 39.4 Å². The number of aromatic nitrogens is 1. The van der Waals surface area contributed by atoms with Crippen LogP contribution in [-0.2, 0) is 5.60 Å². The van der Waals surface area contributed by atoms with Crippen LogP contribution in [-0.4, -0.2) is 16.1 Å². The van der Waals surface area contributed by atoms with E-state index < -0.39 is 5.60 Å². The number of hydrogen-bond donors (Lipinski definition) is 3. The van der Waals surface area contributed by atoms with Crippen molar-refractivity contribution in [2.24, 2.45) is 0 Å². The highest BCUT2D eigenvalue weighted by molar-refractivity contribution is 7.99. The van der Waals surface area contributed by atoms with E-state index >= 15 is 0 Å². The maximum atomic E-state index is 12.5. The zero-order valence-electron chi connectivity index (χ0n) is 16.4. The van der Waals surface area contributed by atoms with Gasteiger partial charge in [0.15, 0.2) is 4.34 Å². The molecule has 2 amide bonds. The van der Waals surface area contributed by atoms with Crippen molar-refractivity contribution in [3.63, 3.8) is 0 Å². The van der Waals surface area contributed by atoms with Crippen molar-refractivity contribution < 1.29 is 9.90 Å². The Balaban J connectivity index is 2.14. The van der Waals surface area contributed by atoms with E-state index in [1.165, 1.54) is 11.3 Å². The fourth-order valence-electron chi connectivity index (χ4n) is 2.52. The van der Waals surface area contributed by atoms with Gasteiger partial charge in [0.05, 0.1) is 10.5 Å². The number of benzene rings is 1. The Morgan fingerprint density at radius 3 is 2.22 bits per heavy atom. The first-order chi connectivity index (χ1) is 12.5. The number of halogens is 1. The number of urea groups is 1. The summed E-state index contributed by atoms with van der Waals surface area (Å²) in [7, 11) is 0. The van der Waals surface area contributed by atoms with Crippen LogP contribution in [0, 0.1) is 0 Å². The van der Waals surface area contributed by atoms with E-state index in [0.29, 0.717) is 9.36 Å². The second-order valence-corrected chi connectivity index (χ2v) is 10.00. The molecule has 0 bridgehead atoms. The molecular weight excluding hydrogens is 402 g/mol. The molecule has 0 aliphatic rings. The number of carbonyl (C=O) groups is 1. The minimum atomic E-state index is -0.944. The largest absolute Gasteiger partial charge is 0.385 e. The summed E-state index contributed by atoms with van der Waals surface area (Å²) >= 11 is 8.74. The monoisotopic (exact) mass is 427 g/mol. The average molecular weight is 428 g/mol. The molecule has 1 aromatic carbocycles. The van der Waals surface area contributed by atoms with Crippen LogP contribution in [0.15, 0.2) is 22.7 Å². The van der Waals surface area contributed by atoms with Gasteiger partial charge in [-0.15, -0.1) is 11.3 Å². The van der Waals surface area contributed by atoms with Gasteiger partial charge in [-0.3, -0.25) is 4.72 Å². The van der Waals surface area contributed by atoms with Gasteiger partial charge in [-0.2, -0.15) is 0 Å². The van der Waals surface area contributed by atoms with Gasteiger partial charge in [0.1, 0.15) is 0 Å². The smallest absolute Gasteiger partial charge is 0.329 e. The van der Waals surface area contributed by atoms with Crippen molar-refractivity contribution >= 4 is 46.6 Å². The molecule has 0 aliphatic heterocycles. The van der Waals surface area contributed by atoms with E-state index in [9.17, 15) is 9.90 Å². The highest BCUT2D eigenvalue weighted by Crippen LogP contribution is 2.36. The molecule has 2 aromatic rings. The van der Waals surface area contributed by atoms with E-state index in [1.807, 2.05) is 12.1 Å². The quantitative estimate of drug-likeness (QED) is 0.487. The molecular formula is C19H26ClN3O2S2. The first-order valence-corrected chi connectivity index (χ1v) is 10.8. The lowest BCUT2D eigenvalue weighted by molar-refractivity contribution is 0.0823. The molecule has 5 nitrogen and oxygen atoms in total. The normalized spacial score (nSPS) is 11.9. The van der Waals surface area contributed by atoms with Crippen LogP contribution in [0.3, 0.4) is 0 Å². The molecule has 27 heavy (non-hydrogen) atoms. The van der Waals surface area contributed by atoms with Crippen molar-refractivity contribution in [3.8, 4) is 0 Å². The third-order valence-electron chi connectivity index (χ3n) is 3.97. The van der Waals surface area contributed by atoms with E-state index in [0.717, 1.165) is 33.6 Å². The molecule has 2 rings (SSSR count). The van der Waals surface area contributed by atoms with Gasteiger partial charge in [0.25, 0.3) is 0 Å². The lowest BCUT2D eigenvalue weighted by Gasteiger charge is -2.21. The summed E-state index contributed by atoms with van der Waals surface area (Å²) in [6.07, 6.45) is 1.62. The van der Waals surface area contributed by atoms with Gasteiger partial charge in [-0.25, -0.2) is 9.78 Å². The molecule has 0 atom stereocenters. The van der Waals surface area contributed by atoms with Crippen molar-refractivity contribution in [2.75, 3.05) is 5.32 Å². The highest BCUT2D eigenvalue weighted by Gasteiger charge is 2.21. The number of nitrogens with zero attached hydrogens (tertiary/aromatic N) is 1. The lowest BCUT2D eigenvalue weighted by Crippen LogP contribution is -2.24. The van der Waals surface area contributed by atoms with E-state index in [4.69, 9.17) is 11.6 Å². The molecule has 0 spiro atoms. The number of thiazole rings is 1. The Labute approximate surface area is 174 Å². The summed E-state index contributed by atoms with van der Waals surface area (Å²) in [6.45, 7) is 11.7. The second-order valence-electron chi connectivity index (χ2n) is 7.48. The predicted molar refractivity (Wildman–Crippen MR) is 115 cm³/mol. The predicted octanol–water partition coefficient (Wildman–Crippen LogP) is 6.10. The number of rotatable bonds is 6. The van der Waals surface area contributed by atoms with Crippen LogP contribution in [0.1, 0.15) is 69.4 Å². The summed E-state index contributed by atoms with van der Waals surface area (Å²) in [4.78, 5) is 17.4. The standard InChI is InChI=1S/C19H26ClN3O2S2/c1-10(2)13-7-12(20)8-14(11(3)4)16(13)22-17(24)23-27-18-21-9-15(26-18)19(5,6)25/h7-11,25H,1-6H3,(H2,22,23,24). The van der Waals surface area contributed by atoms with Gasteiger partial charge in [-0.1, -0.05) is 39.3 Å². The number of amides is 2. The van der Waals surface area contributed by atoms with Gasteiger partial charge in [0.2, 0.25) is 0 Å². The molecule has 1 aromatic heterocycles. The van der Waals surface area contributed by atoms with Gasteiger partial charge >= 0.3 is 6.03 Å². The summed E-state index contributed by atoms with van der Waals surface area (Å²) in [6, 6.07) is 3.47. The Morgan fingerprint density at radius 1 is 1.22 bits per heavy atom. The highest BCUT2D eigenvalue weighted by atomic mass is 35.5. The van der Waals surface area contributed by atoms with Crippen molar-refractivity contribution in [1.29, 1.82) is 0 Å². The van der Waals surface area contributed by atoms with E-state index in [-0.39, 0.29) is 17.9 Å². The SMILES string of the molecule is CC(C)c1cc(Cl)cc(C(C)C)c1NC(=O)NSc1ncc(C(C)(C)O)s1. The fraction of sp³-hybridized carbons (Fsp3) is 0.474. The Morgan fingerprint density at radius 2 is 1.78 bits per heavy atom. The molecule has 0 radical (unpaired) electrons. The molecule has 0 saturated heterocycles. The molecule has 148 valence electrons. The van der Waals surface area contributed by atoms with Crippen LogP contribution in [0.2, 0.25) is 5.02 Å². The lowest BCUT2D eigenvalue weighted by atomic mass is 9.92.